The zero-order chi connectivity index (χ0) is 20.8. The molecule has 0 fully saturated rings. The highest BCUT2D eigenvalue weighted by Gasteiger charge is 2.16. The fraction of sp³-hybridized carbons (Fsp3) is 0.150. The van der Waals surface area contributed by atoms with E-state index in [0.717, 1.165) is 17.0 Å². The minimum absolute atomic E-state index is 0.322. The second-order valence-electron chi connectivity index (χ2n) is 6.00. The number of aromatic nitrogens is 2. The minimum atomic E-state index is -0.809. The summed E-state index contributed by atoms with van der Waals surface area (Å²) in [6, 6.07) is 12.3. The van der Waals surface area contributed by atoms with Crippen molar-refractivity contribution in [3.8, 4) is 22.8 Å². The molecule has 1 aromatic heterocycles. The number of halogens is 2. The van der Waals surface area contributed by atoms with Crippen LogP contribution in [0.5, 0.6) is 11.5 Å². The molecule has 0 aliphatic heterocycles. The zero-order valence-electron chi connectivity index (χ0n) is 15.6. The Bertz CT molecular complexity index is 1020. The molecule has 0 spiro atoms. The molecule has 0 aliphatic rings. The summed E-state index contributed by atoms with van der Waals surface area (Å²) < 4.78 is 10.7. The number of nitrogens with one attached hydrogen (secondary N) is 2. The monoisotopic (exact) mass is 432 g/mol. The van der Waals surface area contributed by atoms with E-state index in [-0.39, 0.29) is 0 Å². The Balaban J connectivity index is 1.62. The number of rotatable bonds is 7. The van der Waals surface area contributed by atoms with E-state index in [2.05, 4.69) is 20.7 Å². The van der Waals surface area contributed by atoms with Gasteiger partial charge >= 0.3 is 0 Å². The fourth-order valence-corrected chi connectivity index (χ4v) is 2.91. The van der Waals surface area contributed by atoms with Gasteiger partial charge < -0.3 is 9.47 Å². The van der Waals surface area contributed by atoms with Gasteiger partial charge in [-0.1, -0.05) is 23.2 Å². The van der Waals surface area contributed by atoms with Crippen LogP contribution < -0.4 is 14.9 Å². The first-order valence-corrected chi connectivity index (χ1v) is 9.36. The molecule has 29 heavy (non-hydrogen) atoms. The van der Waals surface area contributed by atoms with Gasteiger partial charge in [-0.25, -0.2) is 5.43 Å². The third-order valence-electron chi connectivity index (χ3n) is 3.99. The molecule has 1 amide bonds. The molecular weight excluding hydrogens is 415 g/mol. The van der Waals surface area contributed by atoms with Crippen molar-refractivity contribution in [3.05, 3.63) is 64.3 Å². The van der Waals surface area contributed by atoms with Gasteiger partial charge in [0.2, 0.25) is 0 Å². The second-order valence-corrected chi connectivity index (χ2v) is 6.84. The van der Waals surface area contributed by atoms with Crippen LogP contribution in [0.4, 0.5) is 0 Å². The number of amides is 1. The third kappa shape index (κ3) is 5.28. The van der Waals surface area contributed by atoms with Gasteiger partial charge in [0.15, 0.2) is 6.10 Å². The number of hydrogen-bond acceptors (Lipinski definition) is 5. The standard InChI is InChI=1S/C20H18Cl2N4O3/c1-12(29-18-8-5-15(21)9-17(18)22)20(27)26-24-11-14-10-23-25-19(14)13-3-6-16(28-2)7-4-13/h3-12H,1-2H3,(H,23,25)(H,26,27)/b24-11-/t12-/m0/s1. The number of hydrogen-bond donors (Lipinski definition) is 2. The Hall–Kier alpha value is -3.03. The average molecular weight is 433 g/mol. The smallest absolute Gasteiger partial charge is 0.280 e. The average Bonchev–Trinajstić information content (AvgIpc) is 3.18. The van der Waals surface area contributed by atoms with Crippen LogP contribution in [0, 0.1) is 0 Å². The lowest BCUT2D eigenvalue weighted by atomic mass is 10.1. The van der Waals surface area contributed by atoms with Crippen molar-refractivity contribution < 1.29 is 14.3 Å². The third-order valence-corrected chi connectivity index (χ3v) is 4.52. The number of aromatic amines is 1. The fourth-order valence-electron chi connectivity index (χ4n) is 2.45. The Labute approximate surface area is 177 Å². The van der Waals surface area contributed by atoms with Crippen molar-refractivity contribution in [1.82, 2.24) is 15.6 Å². The van der Waals surface area contributed by atoms with Crippen molar-refractivity contribution in [1.29, 1.82) is 0 Å². The van der Waals surface area contributed by atoms with Crippen LogP contribution in [0.1, 0.15) is 12.5 Å². The summed E-state index contributed by atoms with van der Waals surface area (Å²) in [6.07, 6.45) is 2.31. The minimum Gasteiger partial charge on any atom is -0.497 e. The first kappa shape index (κ1) is 20.7. The van der Waals surface area contributed by atoms with E-state index in [9.17, 15) is 4.79 Å². The maximum atomic E-state index is 12.2. The van der Waals surface area contributed by atoms with Gasteiger partial charge in [-0.3, -0.25) is 9.89 Å². The molecule has 0 radical (unpaired) electrons. The molecule has 3 aromatic rings. The van der Waals surface area contributed by atoms with E-state index in [1.54, 1.807) is 38.4 Å². The molecule has 0 saturated heterocycles. The van der Waals surface area contributed by atoms with Gasteiger partial charge in [-0.05, 0) is 49.4 Å². The van der Waals surface area contributed by atoms with Gasteiger partial charge in [0.05, 0.1) is 30.2 Å². The van der Waals surface area contributed by atoms with Crippen LogP contribution in [0.15, 0.2) is 53.8 Å². The second kappa shape index (κ2) is 9.45. The number of ether oxygens (including phenoxy) is 2. The van der Waals surface area contributed by atoms with Gasteiger partial charge in [-0.2, -0.15) is 10.2 Å². The number of carbonyl (C=O) groups excluding carboxylic acids is 1. The lowest BCUT2D eigenvalue weighted by Gasteiger charge is -2.14. The Morgan fingerprint density at radius 1 is 1.24 bits per heavy atom. The van der Waals surface area contributed by atoms with Crippen molar-refractivity contribution in [3.63, 3.8) is 0 Å². The number of H-pyrrole nitrogens is 1. The predicted octanol–water partition coefficient (Wildman–Crippen LogP) is 4.31. The highest BCUT2D eigenvalue weighted by atomic mass is 35.5. The van der Waals surface area contributed by atoms with Crippen LogP contribution in [0.3, 0.4) is 0 Å². The quantitative estimate of drug-likeness (QED) is 0.429. The number of nitrogens with zero attached hydrogens (tertiary/aromatic N) is 2. The lowest BCUT2D eigenvalue weighted by molar-refractivity contribution is -0.127. The van der Waals surface area contributed by atoms with E-state index in [1.807, 2.05) is 24.3 Å². The van der Waals surface area contributed by atoms with Crippen molar-refractivity contribution >= 4 is 35.3 Å². The first-order chi connectivity index (χ1) is 14.0. The highest BCUT2D eigenvalue weighted by Crippen LogP contribution is 2.28. The van der Waals surface area contributed by atoms with Crippen molar-refractivity contribution in [2.45, 2.75) is 13.0 Å². The van der Waals surface area contributed by atoms with Gasteiger partial charge in [0.1, 0.15) is 11.5 Å². The molecule has 3 rings (SSSR count). The molecular formula is C20H18Cl2N4O3. The van der Waals surface area contributed by atoms with Crippen LogP contribution in [-0.2, 0) is 4.79 Å². The van der Waals surface area contributed by atoms with E-state index in [0.29, 0.717) is 21.4 Å². The lowest BCUT2D eigenvalue weighted by Crippen LogP contribution is -2.33. The summed E-state index contributed by atoms with van der Waals surface area (Å²) in [7, 11) is 1.61. The Kier molecular flexibility index (Phi) is 6.74. The van der Waals surface area contributed by atoms with E-state index in [1.165, 1.54) is 6.21 Å². The van der Waals surface area contributed by atoms with Gasteiger partial charge in [0, 0.05) is 16.1 Å². The summed E-state index contributed by atoms with van der Waals surface area (Å²) in [6.45, 7) is 1.59. The van der Waals surface area contributed by atoms with E-state index < -0.39 is 12.0 Å². The molecule has 1 heterocycles. The molecule has 0 saturated carbocycles. The van der Waals surface area contributed by atoms with Gasteiger partial charge in [0.25, 0.3) is 5.91 Å². The maximum Gasteiger partial charge on any atom is 0.280 e. The maximum absolute atomic E-state index is 12.2. The molecule has 7 nitrogen and oxygen atoms in total. The molecule has 9 heteroatoms. The van der Waals surface area contributed by atoms with Crippen LogP contribution >= 0.6 is 23.2 Å². The van der Waals surface area contributed by atoms with E-state index in [4.69, 9.17) is 32.7 Å². The molecule has 0 aliphatic carbocycles. The van der Waals surface area contributed by atoms with Crippen LogP contribution in [0.2, 0.25) is 10.0 Å². The number of methoxy groups -OCH3 is 1. The number of hydrazone groups is 1. The molecule has 150 valence electrons. The van der Waals surface area contributed by atoms with Gasteiger partial charge in [-0.15, -0.1) is 0 Å². The summed E-state index contributed by atoms with van der Waals surface area (Å²) in [5.74, 6) is 0.687. The number of benzene rings is 2. The SMILES string of the molecule is COc1ccc(-c2[nH]ncc2/C=N\NC(=O)[C@H](C)Oc2ccc(Cl)cc2Cl)cc1. The molecule has 2 aromatic carbocycles. The van der Waals surface area contributed by atoms with Crippen molar-refractivity contribution in [2.75, 3.05) is 7.11 Å². The van der Waals surface area contributed by atoms with E-state index >= 15 is 0 Å². The predicted molar refractivity (Wildman–Crippen MR) is 113 cm³/mol. The van der Waals surface area contributed by atoms with Crippen molar-refractivity contribution in [2.24, 2.45) is 5.10 Å². The molecule has 1 atom stereocenters. The van der Waals surface area contributed by atoms with Crippen LogP contribution in [-0.4, -0.2) is 35.5 Å². The summed E-state index contributed by atoms with van der Waals surface area (Å²) in [5, 5.41) is 11.8. The molecule has 0 bridgehead atoms. The first-order valence-electron chi connectivity index (χ1n) is 8.60. The summed E-state index contributed by atoms with van der Waals surface area (Å²) >= 11 is 11.9. The highest BCUT2D eigenvalue weighted by molar-refractivity contribution is 6.35. The molecule has 2 N–H and O–H groups in total. The Morgan fingerprint density at radius 3 is 2.69 bits per heavy atom. The Morgan fingerprint density at radius 2 is 2.00 bits per heavy atom. The topological polar surface area (TPSA) is 88.6 Å². The summed E-state index contributed by atoms with van der Waals surface area (Å²) in [5.41, 5.74) is 4.83. The zero-order valence-corrected chi connectivity index (χ0v) is 17.2. The largest absolute Gasteiger partial charge is 0.497 e. The summed E-state index contributed by atoms with van der Waals surface area (Å²) in [4.78, 5) is 12.2. The number of carbonyl (C=O) groups is 1. The van der Waals surface area contributed by atoms with Crippen LogP contribution in [0.25, 0.3) is 11.3 Å². The molecule has 0 unspecified atom stereocenters. The normalized spacial score (nSPS) is 12.0.